The van der Waals surface area contributed by atoms with Gasteiger partial charge in [-0.25, -0.2) is 5.84 Å². The van der Waals surface area contributed by atoms with Crippen LogP contribution in [0.25, 0.3) is 5.69 Å². The molecule has 0 radical (unpaired) electrons. The van der Waals surface area contributed by atoms with Crippen LogP contribution in [0.5, 0.6) is 0 Å². The van der Waals surface area contributed by atoms with Crippen LogP contribution in [0.1, 0.15) is 16.1 Å². The number of amides is 1. The maximum atomic E-state index is 11.5. The third-order valence-electron chi connectivity index (χ3n) is 2.55. The minimum Gasteiger partial charge on any atom is -0.312 e. The van der Waals surface area contributed by atoms with Gasteiger partial charge in [0.15, 0.2) is 0 Å². The Balaban J connectivity index is 2.50. The molecule has 0 aliphatic heterocycles. The van der Waals surface area contributed by atoms with Gasteiger partial charge in [-0.2, -0.15) is 0 Å². The van der Waals surface area contributed by atoms with Crippen molar-refractivity contribution < 1.29 is 4.79 Å². The molecule has 2 rings (SSSR count). The van der Waals surface area contributed by atoms with Crippen molar-refractivity contribution >= 4 is 17.5 Å². The van der Waals surface area contributed by atoms with Crippen molar-refractivity contribution in [2.45, 2.75) is 6.92 Å². The number of hydrogen-bond acceptors (Lipinski definition) is 2. The molecular formula is C12H12ClN3O. The van der Waals surface area contributed by atoms with E-state index in [1.54, 1.807) is 22.9 Å². The zero-order chi connectivity index (χ0) is 12.4. The smallest absolute Gasteiger partial charge is 0.282 e. The highest BCUT2D eigenvalue weighted by Gasteiger charge is 2.10. The van der Waals surface area contributed by atoms with Gasteiger partial charge in [0.2, 0.25) is 0 Å². The molecular weight excluding hydrogens is 238 g/mol. The van der Waals surface area contributed by atoms with Crippen LogP contribution in [0, 0.1) is 6.92 Å². The molecule has 0 saturated carbocycles. The molecule has 0 aliphatic rings. The Morgan fingerprint density at radius 1 is 1.41 bits per heavy atom. The molecule has 0 unspecified atom stereocenters. The first kappa shape index (κ1) is 11.7. The van der Waals surface area contributed by atoms with E-state index in [4.69, 9.17) is 17.4 Å². The summed E-state index contributed by atoms with van der Waals surface area (Å²) in [6.07, 6.45) is 1.78. The number of carbonyl (C=O) groups is 1. The van der Waals surface area contributed by atoms with E-state index in [1.807, 2.05) is 25.1 Å². The summed E-state index contributed by atoms with van der Waals surface area (Å²) in [7, 11) is 0. The highest BCUT2D eigenvalue weighted by atomic mass is 35.5. The largest absolute Gasteiger partial charge is 0.312 e. The summed E-state index contributed by atoms with van der Waals surface area (Å²) in [4.78, 5) is 11.5. The molecule has 1 aromatic heterocycles. The Kier molecular flexibility index (Phi) is 3.17. The van der Waals surface area contributed by atoms with Crippen LogP contribution in [0.4, 0.5) is 0 Å². The van der Waals surface area contributed by atoms with Crippen molar-refractivity contribution in [1.29, 1.82) is 0 Å². The van der Waals surface area contributed by atoms with Gasteiger partial charge < -0.3 is 4.57 Å². The summed E-state index contributed by atoms with van der Waals surface area (Å²) in [5.74, 6) is 4.78. The lowest BCUT2D eigenvalue weighted by molar-refractivity contribution is 0.0947. The van der Waals surface area contributed by atoms with Gasteiger partial charge in [0, 0.05) is 16.9 Å². The monoisotopic (exact) mass is 249 g/mol. The topological polar surface area (TPSA) is 60.0 Å². The zero-order valence-corrected chi connectivity index (χ0v) is 10.0. The third-order valence-corrected chi connectivity index (χ3v) is 2.95. The number of nitrogen functional groups attached to an aromatic ring is 1. The molecule has 0 fully saturated rings. The molecule has 1 amide bonds. The first-order valence-corrected chi connectivity index (χ1v) is 5.46. The molecule has 3 N–H and O–H groups in total. The van der Waals surface area contributed by atoms with E-state index in [0.717, 1.165) is 11.3 Å². The number of nitrogens with one attached hydrogen (secondary N) is 1. The Morgan fingerprint density at radius 3 is 2.82 bits per heavy atom. The molecule has 1 aromatic carbocycles. The SMILES string of the molecule is Cc1ccc(-n2cccc2C(=O)NN)cc1Cl. The lowest BCUT2D eigenvalue weighted by Gasteiger charge is -2.09. The number of hydrazine groups is 1. The average molecular weight is 250 g/mol. The predicted molar refractivity (Wildman–Crippen MR) is 67.2 cm³/mol. The maximum absolute atomic E-state index is 11.5. The van der Waals surface area contributed by atoms with Crippen molar-refractivity contribution in [3.63, 3.8) is 0 Å². The molecule has 2 aromatic rings. The standard InChI is InChI=1S/C12H12ClN3O/c1-8-4-5-9(7-10(8)13)16-6-2-3-11(16)12(17)15-14/h2-7H,14H2,1H3,(H,15,17). The van der Waals surface area contributed by atoms with Crippen molar-refractivity contribution in [3.05, 3.63) is 52.8 Å². The predicted octanol–water partition coefficient (Wildman–Crippen LogP) is 2.04. The van der Waals surface area contributed by atoms with Gasteiger partial charge in [-0.15, -0.1) is 0 Å². The van der Waals surface area contributed by atoms with Crippen molar-refractivity contribution in [3.8, 4) is 5.69 Å². The molecule has 5 heteroatoms. The fourth-order valence-corrected chi connectivity index (χ4v) is 1.77. The van der Waals surface area contributed by atoms with Gasteiger partial charge in [-0.3, -0.25) is 10.2 Å². The van der Waals surface area contributed by atoms with Gasteiger partial charge in [-0.1, -0.05) is 17.7 Å². The zero-order valence-electron chi connectivity index (χ0n) is 9.27. The normalized spacial score (nSPS) is 10.3. The van der Waals surface area contributed by atoms with E-state index in [9.17, 15) is 4.79 Å². The molecule has 4 nitrogen and oxygen atoms in total. The Morgan fingerprint density at radius 2 is 2.18 bits per heavy atom. The number of benzene rings is 1. The van der Waals surface area contributed by atoms with Crippen LogP contribution in [0.3, 0.4) is 0 Å². The number of hydrogen-bond donors (Lipinski definition) is 2. The number of rotatable bonds is 2. The fourth-order valence-electron chi connectivity index (χ4n) is 1.60. The average Bonchev–Trinajstić information content (AvgIpc) is 2.80. The van der Waals surface area contributed by atoms with E-state index >= 15 is 0 Å². The Hall–Kier alpha value is -1.78. The van der Waals surface area contributed by atoms with Crippen LogP contribution in [0.15, 0.2) is 36.5 Å². The Bertz CT molecular complexity index is 563. The molecule has 88 valence electrons. The highest BCUT2D eigenvalue weighted by Crippen LogP contribution is 2.20. The lowest BCUT2D eigenvalue weighted by Crippen LogP contribution is -2.31. The van der Waals surface area contributed by atoms with Crippen molar-refractivity contribution in [1.82, 2.24) is 9.99 Å². The first-order chi connectivity index (χ1) is 8.13. The van der Waals surface area contributed by atoms with Crippen LogP contribution in [-0.4, -0.2) is 10.5 Å². The van der Waals surface area contributed by atoms with E-state index in [0.29, 0.717) is 10.7 Å². The van der Waals surface area contributed by atoms with E-state index in [-0.39, 0.29) is 5.91 Å². The molecule has 0 bridgehead atoms. The van der Waals surface area contributed by atoms with Crippen LogP contribution in [0.2, 0.25) is 5.02 Å². The van der Waals surface area contributed by atoms with Gasteiger partial charge in [0.05, 0.1) is 0 Å². The second-order valence-corrected chi connectivity index (χ2v) is 4.08. The van der Waals surface area contributed by atoms with Crippen molar-refractivity contribution in [2.24, 2.45) is 5.84 Å². The summed E-state index contributed by atoms with van der Waals surface area (Å²) < 4.78 is 1.73. The van der Waals surface area contributed by atoms with Crippen molar-refractivity contribution in [2.75, 3.05) is 0 Å². The number of halogens is 1. The molecule has 0 spiro atoms. The first-order valence-electron chi connectivity index (χ1n) is 5.08. The molecule has 0 saturated heterocycles. The van der Waals surface area contributed by atoms with E-state index in [1.165, 1.54) is 0 Å². The Labute approximate surface area is 104 Å². The van der Waals surface area contributed by atoms with Crippen LogP contribution >= 0.6 is 11.6 Å². The number of aromatic nitrogens is 1. The van der Waals surface area contributed by atoms with Gasteiger partial charge in [0.1, 0.15) is 5.69 Å². The fraction of sp³-hybridized carbons (Fsp3) is 0.0833. The number of aryl methyl sites for hydroxylation is 1. The van der Waals surface area contributed by atoms with E-state index in [2.05, 4.69) is 5.43 Å². The molecule has 1 heterocycles. The third kappa shape index (κ3) is 2.18. The van der Waals surface area contributed by atoms with Crippen LogP contribution in [-0.2, 0) is 0 Å². The summed E-state index contributed by atoms with van der Waals surface area (Å²) in [5.41, 5.74) is 4.39. The van der Waals surface area contributed by atoms with Crippen LogP contribution < -0.4 is 11.3 Å². The number of carbonyl (C=O) groups excluding carboxylic acids is 1. The van der Waals surface area contributed by atoms with Gasteiger partial charge in [-0.05, 0) is 36.8 Å². The number of nitrogens with zero attached hydrogens (tertiary/aromatic N) is 1. The number of nitrogens with two attached hydrogens (primary N) is 1. The second-order valence-electron chi connectivity index (χ2n) is 3.67. The molecule has 0 aliphatic carbocycles. The van der Waals surface area contributed by atoms with Gasteiger partial charge >= 0.3 is 0 Å². The van der Waals surface area contributed by atoms with E-state index < -0.39 is 0 Å². The minimum absolute atomic E-state index is 0.341. The molecule has 17 heavy (non-hydrogen) atoms. The maximum Gasteiger partial charge on any atom is 0.282 e. The quantitative estimate of drug-likeness (QED) is 0.486. The summed E-state index contributed by atoms with van der Waals surface area (Å²) in [5, 5.41) is 0.662. The highest BCUT2D eigenvalue weighted by molar-refractivity contribution is 6.31. The molecule has 0 atom stereocenters. The lowest BCUT2D eigenvalue weighted by atomic mass is 10.2. The minimum atomic E-state index is -0.341. The summed E-state index contributed by atoms with van der Waals surface area (Å²) >= 11 is 6.06. The van der Waals surface area contributed by atoms with Gasteiger partial charge in [0.25, 0.3) is 5.91 Å². The summed E-state index contributed by atoms with van der Waals surface area (Å²) in [6, 6.07) is 9.08. The second kappa shape index (κ2) is 4.61. The summed E-state index contributed by atoms with van der Waals surface area (Å²) in [6.45, 7) is 1.93.